The van der Waals surface area contributed by atoms with Gasteiger partial charge in [-0.25, -0.2) is 8.42 Å². The van der Waals surface area contributed by atoms with Crippen molar-refractivity contribution in [2.75, 3.05) is 17.2 Å². The normalized spacial score (nSPS) is 11.2. The molecule has 0 saturated heterocycles. The topological polar surface area (TPSA) is 118 Å². The third kappa shape index (κ3) is 5.20. The van der Waals surface area contributed by atoms with Gasteiger partial charge in [-0.1, -0.05) is 12.1 Å². The van der Waals surface area contributed by atoms with E-state index in [0.29, 0.717) is 0 Å². The molecule has 27 heavy (non-hydrogen) atoms. The molecular formula is C16H15F2N3O5S. The van der Waals surface area contributed by atoms with Gasteiger partial charge in [0.25, 0.3) is 5.69 Å². The first-order valence-corrected chi connectivity index (χ1v) is 9.15. The summed E-state index contributed by atoms with van der Waals surface area (Å²) in [5.41, 5.74) is 0.393. The van der Waals surface area contributed by atoms with E-state index < -0.39 is 31.3 Å². The Morgan fingerprint density at radius 2 is 1.74 bits per heavy atom. The minimum Gasteiger partial charge on any atom is -0.379 e. The number of alkyl halides is 2. The Labute approximate surface area is 153 Å². The first kappa shape index (κ1) is 20.2. The first-order chi connectivity index (χ1) is 12.7. The molecule has 0 atom stereocenters. The molecule has 0 unspecified atom stereocenters. The number of nitrogens with one attached hydrogen (secondary N) is 2. The Bertz CT molecular complexity index is 933. The number of carbonyl (C=O) groups is 1. The lowest BCUT2D eigenvalue weighted by Gasteiger charge is -2.09. The molecule has 144 valence electrons. The third-order valence-corrected chi connectivity index (χ3v) is 4.87. The number of nitrogens with zero attached hydrogens (tertiary/aromatic N) is 1. The fourth-order valence-electron chi connectivity index (χ4n) is 2.15. The molecule has 0 heterocycles. The monoisotopic (exact) mass is 399 g/mol. The van der Waals surface area contributed by atoms with Crippen molar-refractivity contribution in [1.29, 1.82) is 0 Å². The molecule has 0 aromatic heterocycles. The van der Waals surface area contributed by atoms with Gasteiger partial charge in [0.1, 0.15) is 5.69 Å². The van der Waals surface area contributed by atoms with E-state index in [-0.39, 0.29) is 30.0 Å². The summed E-state index contributed by atoms with van der Waals surface area (Å²) in [6.07, 6.45) is -0.0247. The Morgan fingerprint density at radius 1 is 1.11 bits per heavy atom. The van der Waals surface area contributed by atoms with E-state index in [1.54, 1.807) is 6.07 Å². The van der Waals surface area contributed by atoms with E-state index in [1.165, 1.54) is 30.3 Å². The van der Waals surface area contributed by atoms with Gasteiger partial charge in [-0.15, -0.1) is 0 Å². The highest BCUT2D eigenvalue weighted by atomic mass is 32.2. The van der Waals surface area contributed by atoms with E-state index in [2.05, 4.69) is 10.6 Å². The molecule has 0 spiro atoms. The second-order valence-corrected chi connectivity index (χ2v) is 7.25. The standard InChI is InChI=1S/C16H15F2N3O5S/c17-16(18)27(25,26)12-7-5-11(6-8-12)20-15(22)9-10-19-13-3-1-2-4-14(13)21(23)24/h1-8,16,19H,9-10H2,(H,20,22). The fraction of sp³-hybridized carbons (Fsp3) is 0.188. The zero-order valence-electron chi connectivity index (χ0n) is 13.8. The van der Waals surface area contributed by atoms with Crippen molar-refractivity contribution in [2.45, 2.75) is 17.1 Å². The summed E-state index contributed by atoms with van der Waals surface area (Å²) in [5.74, 6) is -3.96. The third-order valence-electron chi connectivity index (χ3n) is 3.47. The van der Waals surface area contributed by atoms with Gasteiger partial charge in [-0.2, -0.15) is 8.78 Å². The summed E-state index contributed by atoms with van der Waals surface area (Å²) < 4.78 is 47.6. The highest BCUT2D eigenvalue weighted by Gasteiger charge is 2.26. The molecule has 0 fully saturated rings. The van der Waals surface area contributed by atoms with Crippen LogP contribution in [-0.2, 0) is 14.6 Å². The van der Waals surface area contributed by atoms with Crippen LogP contribution in [-0.4, -0.2) is 31.6 Å². The maximum atomic E-state index is 12.5. The molecule has 0 aliphatic rings. The number of carbonyl (C=O) groups excluding carboxylic acids is 1. The van der Waals surface area contributed by atoms with Crippen molar-refractivity contribution in [3.8, 4) is 0 Å². The lowest BCUT2D eigenvalue weighted by atomic mass is 10.2. The predicted molar refractivity (Wildman–Crippen MR) is 94.5 cm³/mol. The molecule has 11 heteroatoms. The van der Waals surface area contributed by atoms with E-state index in [1.807, 2.05) is 0 Å². The number of para-hydroxylation sites is 2. The minimum absolute atomic E-state index is 0.0247. The van der Waals surface area contributed by atoms with Crippen molar-refractivity contribution in [1.82, 2.24) is 0 Å². The maximum Gasteiger partial charge on any atom is 0.341 e. The van der Waals surface area contributed by atoms with Gasteiger partial charge >= 0.3 is 5.76 Å². The van der Waals surface area contributed by atoms with Crippen molar-refractivity contribution in [3.63, 3.8) is 0 Å². The second-order valence-electron chi connectivity index (χ2n) is 5.33. The quantitative estimate of drug-likeness (QED) is 0.520. The van der Waals surface area contributed by atoms with Crippen molar-refractivity contribution < 1.29 is 26.9 Å². The SMILES string of the molecule is O=C(CCNc1ccccc1[N+](=O)[O-])Nc1ccc(S(=O)(=O)C(F)F)cc1. The fourth-order valence-corrected chi connectivity index (χ4v) is 2.87. The summed E-state index contributed by atoms with van der Waals surface area (Å²) in [7, 11) is -4.69. The van der Waals surface area contributed by atoms with Crippen LogP contribution in [0.1, 0.15) is 6.42 Å². The molecule has 2 rings (SSSR count). The largest absolute Gasteiger partial charge is 0.379 e. The number of nitro benzene ring substituents is 1. The van der Waals surface area contributed by atoms with Crippen molar-refractivity contribution >= 4 is 32.8 Å². The van der Waals surface area contributed by atoms with E-state index in [4.69, 9.17) is 0 Å². The molecule has 2 N–H and O–H groups in total. The maximum absolute atomic E-state index is 12.5. The molecule has 0 aliphatic carbocycles. The number of hydrogen-bond donors (Lipinski definition) is 2. The highest BCUT2D eigenvalue weighted by Crippen LogP contribution is 2.23. The number of halogens is 2. The zero-order valence-corrected chi connectivity index (χ0v) is 14.6. The summed E-state index contributed by atoms with van der Waals surface area (Å²) in [5, 5.41) is 16.2. The number of nitro groups is 1. The number of amides is 1. The average molecular weight is 399 g/mol. The van der Waals surface area contributed by atoms with Gasteiger partial charge in [0.05, 0.1) is 9.82 Å². The molecule has 1 amide bonds. The van der Waals surface area contributed by atoms with Crippen LogP contribution >= 0.6 is 0 Å². The minimum atomic E-state index is -4.69. The summed E-state index contributed by atoms with van der Waals surface area (Å²) in [6.45, 7) is 0.120. The molecule has 2 aromatic rings. The van der Waals surface area contributed by atoms with Crippen LogP contribution in [0.2, 0.25) is 0 Å². The lowest BCUT2D eigenvalue weighted by molar-refractivity contribution is -0.384. The Morgan fingerprint density at radius 3 is 2.33 bits per heavy atom. The van der Waals surface area contributed by atoms with Gasteiger partial charge in [-0.05, 0) is 30.3 Å². The van der Waals surface area contributed by atoms with Crippen LogP contribution < -0.4 is 10.6 Å². The molecule has 0 saturated carbocycles. The van der Waals surface area contributed by atoms with Crippen LogP contribution in [0.4, 0.5) is 25.8 Å². The van der Waals surface area contributed by atoms with Gasteiger partial charge in [0.15, 0.2) is 0 Å². The average Bonchev–Trinajstić information content (AvgIpc) is 2.62. The Balaban J connectivity index is 1.91. The zero-order chi connectivity index (χ0) is 20.0. The van der Waals surface area contributed by atoms with Gasteiger partial charge in [0, 0.05) is 24.7 Å². The van der Waals surface area contributed by atoms with Crippen LogP contribution in [0, 0.1) is 10.1 Å². The van der Waals surface area contributed by atoms with Crippen LogP contribution in [0.3, 0.4) is 0 Å². The van der Waals surface area contributed by atoms with Gasteiger partial charge < -0.3 is 10.6 Å². The molecule has 0 aliphatic heterocycles. The van der Waals surface area contributed by atoms with Crippen molar-refractivity contribution in [3.05, 3.63) is 58.6 Å². The summed E-state index contributed by atoms with van der Waals surface area (Å²) in [4.78, 5) is 21.7. The second kappa shape index (κ2) is 8.54. The molecule has 0 bridgehead atoms. The summed E-state index contributed by atoms with van der Waals surface area (Å²) in [6, 6.07) is 10.3. The number of sulfone groups is 1. The van der Waals surface area contributed by atoms with Gasteiger partial charge in [0.2, 0.25) is 15.7 Å². The molecule has 0 radical (unpaired) electrons. The van der Waals surface area contributed by atoms with E-state index in [0.717, 1.165) is 12.1 Å². The first-order valence-electron chi connectivity index (χ1n) is 7.61. The number of hydrogen-bond acceptors (Lipinski definition) is 6. The smallest absolute Gasteiger partial charge is 0.341 e. The molecule has 2 aromatic carbocycles. The van der Waals surface area contributed by atoms with Crippen molar-refractivity contribution in [2.24, 2.45) is 0 Å². The Kier molecular flexibility index (Phi) is 6.40. The molecular weight excluding hydrogens is 384 g/mol. The van der Waals surface area contributed by atoms with E-state index in [9.17, 15) is 32.1 Å². The Hall–Kier alpha value is -3.08. The van der Waals surface area contributed by atoms with Crippen LogP contribution in [0.25, 0.3) is 0 Å². The highest BCUT2D eigenvalue weighted by molar-refractivity contribution is 7.91. The summed E-state index contributed by atoms with van der Waals surface area (Å²) >= 11 is 0. The van der Waals surface area contributed by atoms with Gasteiger partial charge in [-0.3, -0.25) is 14.9 Å². The lowest BCUT2D eigenvalue weighted by Crippen LogP contribution is -2.17. The predicted octanol–water partition coefficient (Wildman–Crippen LogP) is 3.03. The number of benzene rings is 2. The van der Waals surface area contributed by atoms with E-state index >= 15 is 0 Å². The van der Waals surface area contributed by atoms with Crippen LogP contribution in [0.15, 0.2) is 53.4 Å². The number of anilines is 2. The van der Waals surface area contributed by atoms with Crippen LogP contribution in [0.5, 0.6) is 0 Å². The number of rotatable bonds is 8. The molecule has 8 nitrogen and oxygen atoms in total.